The van der Waals surface area contributed by atoms with Crippen LogP contribution in [0.3, 0.4) is 0 Å². The highest BCUT2D eigenvalue weighted by Gasteiger charge is 2.53. The number of piperazine rings is 1. The third kappa shape index (κ3) is 2.99. The van der Waals surface area contributed by atoms with Crippen LogP contribution in [0.2, 0.25) is 0 Å². The van der Waals surface area contributed by atoms with Gasteiger partial charge in [0.25, 0.3) is 0 Å². The van der Waals surface area contributed by atoms with Crippen molar-refractivity contribution in [2.24, 2.45) is 0 Å². The van der Waals surface area contributed by atoms with Crippen molar-refractivity contribution in [3.8, 4) is 0 Å². The molecule has 2 aliphatic carbocycles. The van der Waals surface area contributed by atoms with Gasteiger partial charge in [-0.1, -0.05) is 12.1 Å². The first-order valence-electron chi connectivity index (χ1n) is 10.8. The minimum absolute atomic E-state index is 0.0576. The maximum atomic E-state index is 13.3. The number of rotatable bonds is 4. The molecule has 7 heteroatoms. The van der Waals surface area contributed by atoms with Crippen LogP contribution in [0.1, 0.15) is 52.1 Å². The molecule has 1 aromatic carbocycles. The third-order valence-corrected chi connectivity index (χ3v) is 7.19. The molecule has 1 saturated heterocycles. The number of fused-ring (bicyclic) bond motifs is 1. The molecule has 1 saturated carbocycles. The fourth-order valence-electron chi connectivity index (χ4n) is 5.25. The lowest BCUT2D eigenvalue weighted by atomic mass is 10.0. The maximum Gasteiger partial charge on any atom is 0.356 e. The normalized spacial score (nSPS) is 19.3. The number of carbonyl (C=O) groups is 2. The minimum atomic E-state index is -1.000. The van der Waals surface area contributed by atoms with Gasteiger partial charge in [-0.3, -0.25) is 9.48 Å². The van der Waals surface area contributed by atoms with Gasteiger partial charge >= 0.3 is 5.97 Å². The van der Waals surface area contributed by atoms with Crippen LogP contribution in [-0.4, -0.2) is 56.8 Å². The van der Waals surface area contributed by atoms with E-state index in [1.54, 1.807) is 4.68 Å². The molecule has 3 aliphatic rings. The Hall–Kier alpha value is -2.83. The van der Waals surface area contributed by atoms with Gasteiger partial charge in [-0.25, -0.2) is 4.79 Å². The van der Waals surface area contributed by atoms with Gasteiger partial charge in [0, 0.05) is 36.6 Å². The second kappa shape index (κ2) is 6.86. The van der Waals surface area contributed by atoms with E-state index in [0.717, 1.165) is 56.5 Å². The molecular formula is C23H28N4O3. The minimum Gasteiger partial charge on any atom is -0.476 e. The van der Waals surface area contributed by atoms with Crippen molar-refractivity contribution in [2.45, 2.75) is 58.0 Å². The lowest BCUT2D eigenvalue weighted by Gasteiger charge is -2.44. The number of carbonyl (C=O) groups excluding carboxylic acids is 1. The molecule has 2 fully saturated rings. The molecule has 1 N–H and O–H groups in total. The number of aromatic nitrogens is 2. The molecule has 5 rings (SSSR count). The van der Waals surface area contributed by atoms with Gasteiger partial charge in [-0.2, -0.15) is 5.10 Å². The van der Waals surface area contributed by atoms with E-state index in [4.69, 9.17) is 0 Å². The van der Waals surface area contributed by atoms with Crippen molar-refractivity contribution in [1.82, 2.24) is 14.7 Å². The van der Waals surface area contributed by atoms with Gasteiger partial charge < -0.3 is 14.9 Å². The second-order valence-corrected chi connectivity index (χ2v) is 9.00. The lowest BCUT2D eigenvalue weighted by molar-refractivity contribution is -0.135. The number of hydrogen-bond donors (Lipinski definition) is 1. The average Bonchev–Trinajstić information content (AvgIpc) is 3.15. The number of nitrogens with zero attached hydrogens (tertiary/aromatic N) is 4. The van der Waals surface area contributed by atoms with Crippen LogP contribution in [0, 0.1) is 13.8 Å². The molecule has 7 nitrogen and oxygen atoms in total. The summed E-state index contributed by atoms with van der Waals surface area (Å²) in [4.78, 5) is 29.2. The molecule has 1 aromatic heterocycles. The quantitative estimate of drug-likeness (QED) is 0.841. The van der Waals surface area contributed by atoms with Crippen molar-refractivity contribution in [2.75, 3.05) is 24.5 Å². The van der Waals surface area contributed by atoms with E-state index in [1.165, 1.54) is 16.8 Å². The van der Waals surface area contributed by atoms with Crippen LogP contribution < -0.4 is 4.90 Å². The Labute approximate surface area is 176 Å². The van der Waals surface area contributed by atoms with Crippen molar-refractivity contribution < 1.29 is 14.7 Å². The molecule has 2 heterocycles. The number of carboxylic acid groups (broad SMARTS) is 1. The molecule has 1 aliphatic heterocycles. The van der Waals surface area contributed by atoms with E-state index < -0.39 is 5.97 Å². The second-order valence-electron chi connectivity index (χ2n) is 9.00. The van der Waals surface area contributed by atoms with E-state index in [9.17, 15) is 14.7 Å². The molecule has 158 valence electrons. The molecule has 0 atom stereocenters. The molecule has 30 heavy (non-hydrogen) atoms. The summed E-state index contributed by atoms with van der Waals surface area (Å²) >= 11 is 0. The van der Waals surface area contributed by atoms with Gasteiger partial charge in [0.15, 0.2) is 5.69 Å². The van der Waals surface area contributed by atoms with Gasteiger partial charge in [0.2, 0.25) is 5.91 Å². The predicted molar refractivity (Wildman–Crippen MR) is 113 cm³/mol. The standard InChI is InChI=1S/C23H28N4O3/c1-15-5-3-7-18(16(15)2)25-11-12-26(23(14-25)9-10-23)20(28)13-27-19-8-4-6-17(19)21(24-27)22(29)30/h3,5,7H,4,6,8-14H2,1-2H3,(H,29,30). The first-order valence-corrected chi connectivity index (χ1v) is 10.8. The number of hydrogen-bond acceptors (Lipinski definition) is 4. The monoisotopic (exact) mass is 408 g/mol. The van der Waals surface area contributed by atoms with E-state index in [0.29, 0.717) is 6.54 Å². The summed E-state index contributed by atoms with van der Waals surface area (Å²) in [7, 11) is 0. The highest BCUT2D eigenvalue weighted by Crippen LogP contribution is 2.45. The fourth-order valence-corrected chi connectivity index (χ4v) is 5.25. The van der Waals surface area contributed by atoms with Crippen molar-refractivity contribution in [1.29, 1.82) is 0 Å². The molecule has 1 spiro atoms. The average molecular weight is 409 g/mol. The number of aryl methyl sites for hydroxylation is 1. The van der Waals surface area contributed by atoms with E-state index in [1.807, 2.05) is 4.90 Å². The summed E-state index contributed by atoms with van der Waals surface area (Å²) in [6.07, 6.45) is 4.52. The zero-order chi connectivity index (χ0) is 21.0. The Kier molecular flexibility index (Phi) is 4.38. The smallest absolute Gasteiger partial charge is 0.356 e. The summed E-state index contributed by atoms with van der Waals surface area (Å²) < 4.78 is 1.65. The summed E-state index contributed by atoms with van der Waals surface area (Å²) in [5, 5.41) is 13.7. The van der Waals surface area contributed by atoms with Crippen molar-refractivity contribution >= 4 is 17.6 Å². The lowest BCUT2D eigenvalue weighted by Crippen LogP contribution is -2.58. The largest absolute Gasteiger partial charge is 0.476 e. The van der Waals surface area contributed by atoms with E-state index in [2.05, 4.69) is 42.0 Å². The first kappa shape index (κ1) is 19.2. The van der Waals surface area contributed by atoms with Crippen LogP contribution in [0.15, 0.2) is 18.2 Å². The summed E-state index contributed by atoms with van der Waals surface area (Å²) in [5.41, 5.74) is 5.65. The summed E-state index contributed by atoms with van der Waals surface area (Å²) in [5.74, 6) is -0.942. The maximum absolute atomic E-state index is 13.3. The molecular weight excluding hydrogens is 380 g/mol. The topological polar surface area (TPSA) is 78.7 Å². The predicted octanol–water partition coefficient (Wildman–Crippen LogP) is 2.57. The zero-order valence-electron chi connectivity index (χ0n) is 17.6. The Bertz CT molecular complexity index is 1040. The highest BCUT2D eigenvalue weighted by molar-refractivity contribution is 5.88. The molecule has 1 amide bonds. The van der Waals surface area contributed by atoms with Crippen molar-refractivity contribution in [3.05, 3.63) is 46.3 Å². The molecule has 0 unspecified atom stereocenters. The van der Waals surface area contributed by atoms with Crippen LogP contribution in [0.4, 0.5) is 5.69 Å². The Morgan fingerprint density at radius 1 is 1.17 bits per heavy atom. The Morgan fingerprint density at radius 3 is 2.70 bits per heavy atom. The third-order valence-electron chi connectivity index (χ3n) is 7.19. The number of benzene rings is 1. The zero-order valence-corrected chi connectivity index (χ0v) is 17.6. The van der Waals surface area contributed by atoms with Crippen LogP contribution in [0.5, 0.6) is 0 Å². The van der Waals surface area contributed by atoms with Gasteiger partial charge in [-0.05, 0) is 63.1 Å². The number of amides is 1. The fraction of sp³-hybridized carbons (Fsp3) is 0.522. The Morgan fingerprint density at radius 2 is 1.97 bits per heavy atom. The van der Waals surface area contributed by atoms with Gasteiger partial charge in [-0.15, -0.1) is 0 Å². The SMILES string of the molecule is Cc1cccc(N2CCN(C(=O)Cn3nc(C(=O)O)c4c3CCC4)C3(CC3)C2)c1C. The number of carboxylic acids is 1. The van der Waals surface area contributed by atoms with Crippen molar-refractivity contribution in [3.63, 3.8) is 0 Å². The van der Waals surface area contributed by atoms with E-state index in [-0.39, 0.29) is 23.7 Å². The summed E-state index contributed by atoms with van der Waals surface area (Å²) in [6.45, 7) is 6.82. The molecule has 0 bridgehead atoms. The summed E-state index contributed by atoms with van der Waals surface area (Å²) in [6, 6.07) is 6.42. The highest BCUT2D eigenvalue weighted by atomic mass is 16.4. The van der Waals surface area contributed by atoms with Crippen LogP contribution in [-0.2, 0) is 24.2 Å². The first-order chi connectivity index (χ1) is 14.4. The van der Waals surface area contributed by atoms with Gasteiger partial charge in [0.1, 0.15) is 6.54 Å². The van der Waals surface area contributed by atoms with Crippen LogP contribution >= 0.6 is 0 Å². The Balaban J connectivity index is 1.34. The van der Waals surface area contributed by atoms with Gasteiger partial charge in [0.05, 0.1) is 5.54 Å². The number of aromatic carboxylic acids is 1. The van der Waals surface area contributed by atoms with E-state index >= 15 is 0 Å². The molecule has 0 radical (unpaired) electrons. The van der Waals surface area contributed by atoms with Crippen LogP contribution in [0.25, 0.3) is 0 Å². The molecule has 2 aromatic rings. The number of anilines is 1.